The molecule has 0 fully saturated rings. The van der Waals surface area contributed by atoms with Crippen molar-refractivity contribution in [3.8, 4) is 11.8 Å². The van der Waals surface area contributed by atoms with Gasteiger partial charge < -0.3 is 5.11 Å². The Kier molecular flexibility index (Phi) is 3.84. The van der Waals surface area contributed by atoms with Gasteiger partial charge in [-0.25, -0.2) is 8.42 Å². The molecule has 2 N–H and O–H groups in total. The summed E-state index contributed by atoms with van der Waals surface area (Å²) in [6.07, 6.45) is 0. The van der Waals surface area contributed by atoms with E-state index in [-0.39, 0.29) is 26.9 Å². The summed E-state index contributed by atoms with van der Waals surface area (Å²) >= 11 is 5.86. The highest BCUT2D eigenvalue weighted by molar-refractivity contribution is 7.92. The molecule has 5 nitrogen and oxygen atoms in total. The Morgan fingerprint density at radius 3 is 2.40 bits per heavy atom. The number of nitrogens with one attached hydrogen (secondary N) is 1. The second-order valence-electron chi connectivity index (χ2n) is 3.91. The summed E-state index contributed by atoms with van der Waals surface area (Å²) in [6.45, 7) is 0. The largest absolute Gasteiger partial charge is 0.508 e. The Morgan fingerprint density at radius 1 is 1.15 bits per heavy atom. The molecule has 20 heavy (non-hydrogen) atoms. The van der Waals surface area contributed by atoms with Gasteiger partial charge in [0, 0.05) is 5.69 Å². The lowest BCUT2D eigenvalue weighted by Crippen LogP contribution is -2.13. The van der Waals surface area contributed by atoms with E-state index in [1.54, 1.807) is 0 Å². The monoisotopic (exact) mass is 308 g/mol. The first kappa shape index (κ1) is 14.2. The van der Waals surface area contributed by atoms with Crippen molar-refractivity contribution in [1.82, 2.24) is 0 Å². The molecule has 102 valence electrons. The molecule has 0 radical (unpaired) electrons. The molecule has 0 saturated heterocycles. The lowest BCUT2D eigenvalue weighted by Gasteiger charge is -2.09. The van der Waals surface area contributed by atoms with E-state index in [4.69, 9.17) is 22.0 Å². The predicted octanol–water partition coefficient (Wildman–Crippen LogP) is 2.72. The van der Waals surface area contributed by atoms with Gasteiger partial charge in [0.15, 0.2) is 0 Å². The standard InChI is InChI=1S/C13H9ClN2O3S/c14-12-6-1-9(8-15)7-13(12)20(18,19)16-10-2-4-11(17)5-3-10/h1-7,16-17H. The van der Waals surface area contributed by atoms with Crippen molar-refractivity contribution in [3.63, 3.8) is 0 Å². The second kappa shape index (κ2) is 5.41. The predicted molar refractivity (Wildman–Crippen MR) is 75.1 cm³/mol. The molecule has 2 aromatic rings. The number of hydrogen-bond acceptors (Lipinski definition) is 4. The number of phenolic OH excluding ortho intramolecular Hbond substituents is 1. The zero-order valence-electron chi connectivity index (χ0n) is 10.0. The first-order valence-corrected chi connectivity index (χ1v) is 7.30. The van der Waals surface area contributed by atoms with Crippen LogP contribution in [0.2, 0.25) is 5.02 Å². The van der Waals surface area contributed by atoms with Gasteiger partial charge in [-0.2, -0.15) is 5.26 Å². The van der Waals surface area contributed by atoms with Crippen LogP contribution in [0.15, 0.2) is 47.4 Å². The van der Waals surface area contributed by atoms with Gasteiger partial charge in [-0.05, 0) is 42.5 Å². The third-order valence-electron chi connectivity index (χ3n) is 2.47. The second-order valence-corrected chi connectivity index (χ2v) is 5.97. The Morgan fingerprint density at radius 2 is 1.80 bits per heavy atom. The maximum absolute atomic E-state index is 12.2. The molecule has 7 heteroatoms. The molecule has 2 aromatic carbocycles. The van der Waals surface area contributed by atoms with Gasteiger partial charge in [0.1, 0.15) is 10.6 Å². The van der Waals surface area contributed by atoms with E-state index in [0.717, 1.165) is 0 Å². The lowest BCUT2D eigenvalue weighted by atomic mass is 10.2. The first-order valence-electron chi connectivity index (χ1n) is 5.44. The molecule has 0 bridgehead atoms. The zero-order valence-corrected chi connectivity index (χ0v) is 11.6. The van der Waals surface area contributed by atoms with Gasteiger partial charge in [-0.1, -0.05) is 11.6 Å². The number of phenols is 1. The van der Waals surface area contributed by atoms with Gasteiger partial charge in [-0.15, -0.1) is 0 Å². The SMILES string of the molecule is N#Cc1ccc(Cl)c(S(=O)(=O)Nc2ccc(O)cc2)c1. The molecule has 0 unspecified atom stereocenters. The van der Waals surface area contributed by atoms with E-state index in [9.17, 15) is 8.42 Å². The molecule has 0 saturated carbocycles. The molecule has 0 atom stereocenters. The number of nitriles is 1. The number of nitrogens with zero attached hydrogens (tertiary/aromatic N) is 1. The summed E-state index contributed by atoms with van der Waals surface area (Å²) in [5, 5.41) is 18.0. The number of halogens is 1. The third-order valence-corrected chi connectivity index (χ3v) is 4.33. The van der Waals surface area contributed by atoms with E-state index >= 15 is 0 Å². The van der Waals surface area contributed by atoms with Gasteiger partial charge in [0.25, 0.3) is 10.0 Å². The molecular formula is C13H9ClN2O3S. The number of hydrogen-bond donors (Lipinski definition) is 2. The van der Waals surface area contributed by atoms with Crippen molar-refractivity contribution in [1.29, 1.82) is 5.26 Å². The molecule has 0 aliphatic carbocycles. The molecule has 0 spiro atoms. The van der Waals surface area contributed by atoms with Crippen molar-refractivity contribution in [2.75, 3.05) is 4.72 Å². The molecular weight excluding hydrogens is 300 g/mol. The minimum absolute atomic E-state index is 0.0234. The average Bonchev–Trinajstić information content (AvgIpc) is 2.41. The van der Waals surface area contributed by atoms with Crippen molar-refractivity contribution >= 4 is 27.3 Å². The van der Waals surface area contributed by atoms with Gasteiger partial charge in [0.2, 0.25) is 0 Å². The fourth-order valence-corrected chi connectivity index (χ4v) is 3.10. The Bertz CT molecular complexity index is 780. The number of sulfonamides is 1. The number of benzene rings is 2. The van der Waals surface area contributed by atoms with Crippen LogP contribution in [0, 0.1) is 11.3 Å². The summed E-state index contributed by atoms with van der Waals surface area (Å²) in [4.78, 5) is -0.175. The number of aromatic hydroxyl groups is 1. The van der Waals surface area contributed by atoms with Crippen LogP contribution in [0.25, 0.3) is 0 Å². The fraction of sp³-hybridized carbons (Fsp3) is 0. The maximum Gasteiger partial charge on any atom is 0.263 e. The Labute approximate surface area is 121 Å². The van der Waals surface area contributed by atoms with Crippen LogP contribution in [-0.4, -0.2) is 13.5 Å². The van der Waals surface area contributed by atoms with Crippen molar-refractivity contribution in [2.24, 2.45) is 0 Å². The van der Waals surface area contributed by atoms with Gasteiger partial charge in [-0.3, -0.25) is 4.72 Å². The fourth-order valence-electron chi connectivity index (χ4n) is 1.52. The maximum atomic E-state index is 12.2. The minimum atomic E-state index is -3.90. The van der Waals surface area contributed by atoms with E-state index in [1.165, 1.54) is 42.5 Å². The summed E-state index contributed by atoms with van der Waals surface area (Å²) in [5.41, 5.74) is 0.474. The van der Waals surface area contributed by atoms with Gasteiger partial charge in [0.05, 0.1) is 16.7 Å². The Hall–Kier alpha value is -2.23. The van der Waals surface area contributed by atoms with Crippen LogP contribution in [0.3, 0.4) is 0 Å². The topological polar surface area (TPSA) is 90.2 Å². The van der Waals surface area contributed by atoms with Crippen LogP contribution < -0.4 is 4.72 Å². The molecule has 0 aromatic heterocycles. The average molecular weight is 309 g/mol. The summed E-state index contributed by atoms with van der Waals surface area (Å²) < 4.78 is 26.7. The number of anilines is 1. The first-order chi connectivity index (χ1) is 9.42. The van der Waals surface area contributed by atoms with Crippen LogP contribution in [0.5, 0.6) is 5.75 Å². The number of rotatable bonds is 3. The minimum Gasteiger partial charge on any atom is -0.508 e. The third kappa shape index (κ3) is 3.02. The smallest absolute Gasteiger partial charge is 0.263 e. The van der Waals surface area contributed by atoms with Crippen LogP contribution in [-0.2, 0) is 10.0 Å². The van der Waals surface area contributed by atoms with Crippen LogP contribution >= 0.6 is 11.6 Å². The highest BCUT2D eigenvalue weighted by Gasteiger charge is 2.18. The van der Waals surface area contributed by atoms with Crippen LogP contribution in [0.4, 0.5) is 5.69 Å². The van der Waals surface area contributed by atoms with Crippen molar-refractivity contribution in [3.05, 3.63) is 53.1 Å². The molecule has 0 aliphatic rings. The van der Waals surface area contributed by atoms with Gasteiger partial charge >= 0.3 is 0 Å². The molecule has 2 rings (SSSR count). The summed E-state index contributed by atoms with van der Waals surface area (Å²) in [6, 6.07) is 11.4. The Balaban J connectivity index is 2.40. The van der Waals surface area contributed by atoms with E-state index in [2.05, 4.69) is 4.72 Å². The van der Waals surface area contributed by atoms with E-state index < -0.39 is 10.0 Å². The van der Waals surface area contributed by atoms with E-state index in [0.29, 0.717) is 0 Å². The van der Waals surface area contributed by atoms with Crippen molar-refractivity contribution < 1.29 is 13.5 Å². The zero-order chi connectivity index (χ0) is 14.8. The summed E-state index contributed by atoms with van der Waals surface area (Å²) in [7, 11) is -3.90. The quantitative estimate of drug-likeness (QED) is 0.853. The molecule has 0 amide bonds. The molecule has 0 heterocycles. The van der Waals surface area contributed by atoms with Crippen molar-refractivity contribution in [2.45, 2.75) is 4.90 Å². The summed E-state index contributed by atoms with van der Waals surface area (Å²) in [5.74, 6) is 0.0254. The highest BCUT2D eigenvalue weighted by Crippen LogP contribution is 2.25. The lowest BCUT2D eigenvalue weighted by molar-refractivity contribution is 0.475. The normalized spacial score (nSPS) is 10.8. The molecule has 0 aliphatic heterocycles. The van der Waals surface area contributed by atoms with Crippen LogP contribution in [0.1, 0.15) is 5.56 Å². The van der Waals surface area contributed by atoms with E-state index in [1.807, 2.05) is 6.07 Å². The highest BCUT2D eigenvalue weighted by atomic mass is 35.5.